The van der Waals surface area contributed by atoms with Crippen molar-refractivity contribution in [3.63, 3.8) is 0 Å². The van der Waals surface area contributed by atoms with Crippen molar-refractivity contribution in [2.75, 3.05) is 0 Å². The molecule has 0 bridgehead atoms. The van der Waals surface area contributed by atoms with Crippen LogP contribution >= 0.6 is 0 Å². The van der Waals surface area contributed by atoms with Gasteiger partial charge in [-0.15, -0.1) is 0 Å². The molecule has 4 nitrogen and oxygen atoms in total. The van der Waals surface area contributed by atoms with Gasteiger partial charge >= 0.3 is 7.69 Å². The second kappa shape index (κ2) is 6.78. The van der Waals surface area contributed by atoms with Gasteiger partial charge in [-0.1, -0.05) is 12.1 Å². The summed E-state index contributed by atoms with van der Waals surface area (Å²) in [7, 11) is -0.750. The molecule has 0 heterocycles. The van der Waals surface area contributed by atoms with E-state index in [0.29, 0.717) is 0 Å². The minimum Gasteiger partial charge on any atom is -0.485 e. The Bertz CT molecular complexity index is 358. The van der Waals surface area contributed by atoms with E-state index in [1.807, 2.05) is 45.0 Å². The number of ether oxygens (including phenoxy) is 1. The first-order valence-corrected chi connectivity index (χ1v) is 5.84. The van der Waals surface area contributed by atoms with Gasteiger partial charge in [0.05, 0.1) is 5.60 Å². The average molecular weight is 254 g/mol. The Balaban J connectivity index is 0.000000873. The molecule has 0 radical (unpaired) electrons. The van der Waals surface area contributed by atoms with Gasteiger partial charge in [-0.05, 0) is 52.3 Å². The maximum absolute atomic E-state index is 9.95. The molecule has 3 N–H and O–H groups in total. The van der Waals surface area contributed by atoms with Gasteiger partial charge in [0, 0.05) is 0 Å². The molecule has 0 spiro atoms. The highest BCUT2D eigenvalue weighted by Gasteiger charge is 2.37. The highest BCUT2D eigenvalue weighted by atomic mass is 16.5. The standard InChI is InChI=1S/C13H20O2.BH3O2/c1-10-7-6-8-11(9-10)15-13(4,5)12(2,3)14;2-1-3/h6-9,14H,1-5H3;1-3H. The first kappa shape index (κ1) is 17.0. The van der Waals surface area contributed by atoms with Crippen LogP contribution in [0.3, 0.4) is 0 Å². The van der Waals surface area contributed by atoms with E-state index in [1.165, 1.54) is 0 Å². The Hall–Kier alpha value is -1.04. The minimum atomic E-state index is -0.878. The van der Waals surface area contributed by atoms with Crippen molar-refractivity contribution in [1.82, 2.24) is 0 Å². The summed E-state index contributed by atoms with van der Waals surface area (Å²) in [5, 5.41) is 24.2. The predicted octanol–water partition coefficient (Wildman–Crippen LogP) is 1.16. The van der Waals surface area contributed by atoms with Gasteiger partial charge in [-0.2, -0.15) is 0 Å². The number of hydrogen-bond acceptors (Lipinski definition) is 4. The summed E-state index contributed by atoms with van der Waals surface area (Å²) in [4.78, 5) is 0. The molecule has 1 aromatic carbocycles. The van der Waals surface area contributed by atoms with Gasteiger partial charge in [0.15, 0.2) is 0 Å². The van der Waals surface area contributed by atoms with E-state index in [2.05, 4.69) is 0 Å². The van der Waals surface area contributed by atoms with Crippen LogP contribution in [0.1, 0.15) is 33.3 Å². The minimum absolute atomic E-state index is 0.610. The van der Waals surface area contributed by atoms with Crippen LogP contribution in [0.15, 0.2) is 24.3 Å². The summed E-state index contributed by atoms with van der Waals surface area (Å²) in [6, 6.07) is 7.84. The Kier molecular flexibility index (Phi) is 6.39. The third-order valence-electron chi connectivity index (χ3n) is 2.84. The van der Waals surface area contributed by atoms with Crippen LogP contribution in [0.2, 0.25) is 0 Å². The van der Waals surface area contributed by atoms with E-state index >= 15 is 0 Å². The number of benzene rings is 1. The van der Waals surface area contributed by atoms with E-state index in [4.69, 9.17) is 14.8 Å². The molecular weight excluding hydrogens is 231 g/mol. The lowest BCUT2D eigenvalue weighted by molar-refractivity contribution is -0.0906. The molecule has 18 heavy (non-hydrogen) atoms. The summed E-state index contributed by atoms with van der Waals surface area (Å²) in [6.45, 7) is 9.29. The quantitative estimate of drug-likeness (QED) is 0.708. The van der Waals surface area contributed by atoms with Crippen LogP contribution in [-0.4, -0.2) is 34.0 Å². The zero-order chi connectivity index (χ0) is 14.4. The molecule has 0 saturated carbocycles. The van der Waals surface area contributed by atoms with Crippen LogP contribution in [0.5, 0.6) is 5.75 Å². The van der Waals surface area contributed by atoms with Crippen molar-refractivity contribution in [3.05, 3.63) is 29.8 Å². The summed E-state index contributed by atoms with van der Waals surface area (Å²) in [5.41, 5.74) is -0.337. The molecule has 0 aliphatic heterocycles. The van der Waals surface area contributed by atoms with Crippen LogP contribution < -0.4 is 4.74 Å². The molecule has 0 saturated heterocycles. The van der Waals surface area contributed by atoms with Crippen molar-refractivity contribution in [2.45, 2.75) is 45.8 Å². The van der Waals surface area contributed by atoms with Gasteiger partial charge in [0.1, 0.15) is 11.4 Å². The summed E-state index contributed by atoms with van der Waals surface area (Å²) >= 11 is 0. The van der Waals surface area contributed by atoms with Crippen LogP contribution in [0, 0.1) is 6.92 Å². The van der Waals surface area contributed by atoms with Crippen LogP contribution in [-0.2, 0) is 0 Å². The summed E-state index contributed by atoms with van der Waals surface area (Å²) in [6.07, 6.45) is 0. The van der Waals surface area contributed by atoms with Gasteiger partial charge in [0.2, 0.25) is 0 Å². The van der Waals surface area contributed by atoms with Crippen molar-refractivity contribution in [2.24, 2.45) is 0 Å². The Morgan fingerprint density at radius 2 is 1.61 bits per heavy atom. The second-order valence-corrected chi connectivity index (χ2v) is 5.13. The lowest BCUT2D eigenvalue weighted by Crippen LogP contribution is -2.49. The van der Waals surface area contributed by atoms with E-state index in [1.54, 1.807) is 13.8 Å². The Morgan fingerprint density at radius 3 is 2.00 bits per heavy atom. The molecule has 0 amide bonds. The zero-order valence-electron chi connectivity index (χ0n) is 11.8. The van der Waals surface area contributed by atoms with Gasteiger partial charge in [0.25, 0.3) is 0 Å². The molecule has 0 atom stereocenters. The Morgan fingerprint density at radius 1 is 1.11 bits per heavy atom. The third-order valence-corrected chi connectivity index (χ3v) is 2.84. The van der Waals surface area contributed by atoms with Crippen molar-refractivity contribution < 1.29 is 19.9 Å². The largest absolute Gasteiger partial charge is 0.485 e. The average Bonchev–Trinajstić information content (AvgIpc) is 2.15. The third kappa shape index (κ3) is 5.53. The fraction of sp³-hybridized carbons (Fsp3) is 0.538. The smallest absolute Gasteiger partial charge is 0.432 e. The summed E-state index contributed by atoms with van der Waals surface area (Å²) in [5.74, 6) is 0.794. The molecule has 0 aliphatic carbocycles. The van der Waals surface area contributed by atoms with Crippen LogP contribution in [0.4, 0.5) is 0 Å². The fourth-order valence-electron chi connectivity index (χ4n) is 1.10. The SMILES string of the molecule is Cc1cccc(OC(C)(C)C(C)(C)O)c1.OBO. The number of aryl methyl sites for hydroxylation is 1. The van der Waals surface area contributed by atoms with Crippen molar-refractivity contribution in [3.8, 4) is 5.75 Å². The first-order chi connectivity index (χ1) is 8.14. The monoisotopic (exact) mass is 254 g/mol. The second-order valence-electron chi connectivity index (χ2n) is 5.13. The molecule has 0 fully saturated rings. The molecule has 1 rings (SSSR count). The Labute approximate surface area is 110 Å². The summed E-state index contributed by atoms with van der Waals surface area (Å²) < 4.78 is 5.80. The van der Waals surface area contributed by atoms with Gasteiger partial charge in [-0.3, -0.25) is 0 Å². The number of rotatable bonds is 3. The van der Waals surface area contributed by atoms with E-state index in [9.17, 15) is 5.11 Å². The van der Waals surface area contributed by atoms with Crippen molar-refractivity contribution in [1.29, 1.82) is 0 Å². The fourth-order valence-corrected chi connectivity index (χ4v) is 1.10. The van der Waals surface area contributed by atoms with Crippen LogP contribution in [0.25, 0.3) is 0 Å². The van der Waals surface area contributed by atoms with Gasteiger partial charge in [-0.25, -0.2) is 0 Å². The normalized spacial score (nSPS) is 11.3. The van der Waals surface area contributed by atoms with E-state index in [0.717, 1.165) is 11.3 Å². The van der Waals surface area contributed by atoms with E-state index < -0.39 is 18.9 Å². The molecule has 0 aromatic heterocycles. The first-order valence-electron chi connectivity index (χ1n) is 5.84. The van der Waals surface area contributed by atoms with Crippen molar-refractivity contribution >= 4 is 7.69 Å². The maximum Gasteiger partial charge on any atom is 0.432 e. The molecule has 0 aliphatic rings. The highest BCUT2D eigenvalue weighted by Crippen LogP contribution is 2.28. The maximum atomic E-state index is 9.95. The number of hydrogen-bond donors (Lipinski definition) is 3. The molecule has 102 valence electrons. The molecular formula is C13H23BO4. The molecule has 0 unspecified atom stereocenters. The lowest BCUT2D eigenvalue weighted by Gasteiger charge is -2.37. The van der Waals surface area contributed by atoms with E-state index in [-0.39, 0.29) is 0 Å². The highest BCUT2D eigenvalue weighted by molar-refractivity contribution is 6.13. The van der Waals surface area contributed by atoms with Gasteiger partial charge < -0.3 is 19.9 Å². The zero-order valence-corrected chi connectivity index (χ0v) is 11.8. The molecule has 5 heteroatoms. The predicted molar refractivity (Wildman–Crippen MR) is 73.8 cm³/mol. The topological polar surface area (TPSA) is 69.9 Å². The number of aliphatic hydroxyl groups is 1. The lowest BCUT2D eigenvalue weighted by atomic mass is 9.89. The molecule has 1 aromatic rings.